The van der Waals surface area contributed by atoms with Crippen LogP contribution in [-0.4, -0.2) is 18.3 Å². The van der Waals surface area contributed by atoms with Crippen molar-refractivity contribution in [3.05, 3.63) is 51.6 Å². The SMILES string of the molecule is CCCCCc1ccc(-c2ccc(I)cc2OCCO)cc1. The van der Waals surface area contributed by atoms with Crippen molar-refractivity contribution in [1.29, 1.82) is 0 Å². The highest BCUT2D eigenvalue weighted by Gasteiger charge is 2.07. The van der Waals surface area contributed by atoms with Gasteiger partial charge in [0.25, 0.3) is 0 Å². The first kappa shape index (κ1) is 17.3. The molecule has 2 aromatic carbocycles. The normalized spacial score (nSPS) is 10.7. The second-order valence-electron chi connectivity index (χ2n) is 5.37. The fourth-order valence-corrected chi connectivity index (χ4v) is 2.90. The predicted octanol–water partition coefficient (Wildman–Crippen LogP) is 5.06. The van der Waals surface area contributed by atoms with Gasteiger partial charge in [-0.05, 0) is 64.8 Å². The number of unbranched alkanes of at least 4 members (excludes halogenated alkanes) is 2. The molecule has 3 heteroatoms. The maximum atomic E-state index is 8.97. The fraction of sp³-hybridized carbons (Fsp3) is 0.368. The first-order chi connectivity index (χ1) is 10.7. The predicted molar refractivity (Wildman–Crippen MR) is 100 cm³/mol. The van der Waals surface area contributed by atoms with Gasteiger partial charge in [-0.25, -0.2) is 0 Å². The second kappa shape index (κ2) is 9.16. The van der Waals surface area contributed by atoms with Gasteiger partial charge in [0.15, 0.2) is 0 Å². The summed E-state index contributed by atoms with van der Waals surface area (Å²) in [5.74, 6) is 0.833. The third-order valence-corrected chi connectivity index (χ3v) is 4.30. The van der Waals surface area contributed by atoms with Crippen LogP contribution in [0.1, 0.15) is 31.7 Å². The average molecular weight is 410 g/mol. The Balaban J connectivity index is 2.16. The zero-order valence-corrected chi connectivity index (χ0v) is 15.2. The van der Waals surface area contributed by atoms with E-state index in [2.05, 4.69) is 65.9 Å². The minimum absolute atomic E-state index is 0.0290. The summed E-state index contributed by atoms with van der Waals surface area (Å²) >= 11 is 2.27. The number of halogens is 1. The average Bonchev–Trinajstić information content (AvgIpc) is 2.54. The van der Waals surface area contributed by atoms with Crippen molar-refractivity contribution in [2.75, 3.05) is 13.2 Å². The van der Waals surface area contributed by atoms with Gasteiger partial charge in [0, 0.05) is 9.13 Å². The smallest absolute Gasteiger partial charge is 0.128 e. The Morgan fingerprint density at radius 2 is 1.82 bits per heavy atom. The van der Waals surface area contributed by atoms with E-state index in [9.17, 15) is 0 Å². The number of hydrogen-bond donors (Lipinski definition) is 1. The van der Waals surface area contributed by atoms with Gasteiger partial charge in [0.05, 0.1) is 6.61 Å². The van der Waals surface area contributed by atoms with Gasteiger partial charge in [-0.2, -0.15) is 0 Å². The molecule has 0 saturated heterocycles. The molecule has 2 aromatic rings. The molecule has 0 saturated carbocycles. The van der Waals surface area contributed by atoms with Gasteiger partial charge in [0.1, 0.15) is 12.4 Å². The molecule has 0 aliphatic heterocycles. The number of benzene rings is 2. The van der Waals surface area contributed by atoms with E-state index >= 15 is 0 Å². The molecule has 0 unspecified atom stereocenters. The van der Waals surface area contributed by atoms with Crippen LogP contribution >= 0.6 is 22.6 Å². The molecule has 1 N–H and O–H groups in total. The van der Waals surface area contributed by atoms with Gasteiger partial charge in [-0.3, -0.25) is 0 Å². The molecule has 0 heterocycles. The molecule has 0 aliphatic carbocycles. The largest absolute Gasteiger partial charge is 0.491 e. The van der Waals surface area contributed by atoms with E-state index in [1.807, 2.05) is 6.07 Å². The number of rotatable bonds is 8. The topological polar surface area (TPSA) is 29.5 Å². The van der Waals surface area contributed by atoms with E-state index in [0.717, 1.165) is 26.9 Å². The Morgan fingerprint density at radius 3 is 2.50 bits per heavy atom. The lowest BCUT2D eigenvalue weighted by Crippen LogP contribution is -2.03. The lowest BCUT2D eigenvalue weighted by Gasteiger charge is -2.12. The molecule has 118 valence electrons. The summed E-state index contributed by atoms with van der Waals surface area (Å²) in [6, 6.07) is 14.9. The van der Waals surface area contributed by atoms with Crippen molar-refractivity contribution in [3.63, 3.8) is 0 Å². The number of hydrogen-bond acceptors (Lipinski definition) is 2. The molecule has 0 aliphatic rings. The number of aliphatic hydroxyl groups excluding tert-OH is 1. The van der Waals surface area contributed by atoms with Crippen LogP contribution in [0, 0.1) is 3.57 Å². The third kappa shape index (κ3) is 4.99. The maximum absolute atomic E-state index is 8.97. The Bertz CT molecular complexity index is 578. The fourth-order valence-electron chi connectivity index (χ4n) is 2.44. The van der Waals surface area contributed by atoms with E-state index in [1.165, 1.54) is 24.8 Å². The highest BCUT2D eigenvalue weighted by atomic mass is 127. The quantitative estimate of drug-likeness (QED) is 0.487. The second-order valence-corrected chi connectivity index (χ2v) is 6.61. The molecule has 2 nitrogen and oxygen atoms in total. The lowest BCUT2D eigenvalue weighted by molar-refractivity contribution is 0.202. The van der Waals surface area contributed by atoms with Crippen LogP contribution in [0.4, 0.5) is 0 Å². The summed E-state index contributed by atoms with van der Waals surface area (Å²) in [5.41, 5.74) is 3.62. The van der Waals surface area contributed by atoms with E-state index in [4.69, 9.17) is 9.84 Å². The van der Waals surface area contributed by atoms with E-state index in [0.29, 0.717) is 6.61 Å². The molecule has 0 bridgehead atoms. The van der Waals surface area contributed by atoms with Crippen molar-refractivity contribution in [3.8, 4) is 16.9 Å². The monoisotopic (exact) mass is 410 g/mol. The Morgan fingerprint density at radius 1 is 1.05 bits per heavy atom. The molecular formula is C19H23IO2. The van der Waals surface area contributed by atoms with E-state index in [1.54, 1.807) is 0 Å². The molecule has 2 rings (SSSR count). The first-order valence-electron chi connectivity index (χ1n) is 7.87. The van der Waals surface area contributed by atoms with Crippen LogP contribution in [0.15, 0.2) is 42.5 Å². The lowest BCUT2D eigenvalue weighted by atomic mass is 10.0. The first-order valence-corrected chi connectivity index (χ1v) is 8.95. The summed E-state index contributed by atoms with van der Waals surface area (Å²) < 4.78 is 6.81. The summed E-state index contributed by atoms with van der Waals surface area (Å²) in [6.45, 7) is 2.58. The number of aryl methyl sites for hydroxylation is 1. The highest BCUT2D eigenvalue weighted by Crippen LogP contribution is 2.32. The molecular weight excluding hydrogens is 387 g/mol. The van der Waals surface area contributed by atoms with Gasteiger partial charge in [-0.15, -0.1) is 0 Å². The van der Waals surface area contributed by atoms with Crippen molar-refractivity contribution in [2.45, 2.75) is 32.6 Å². The van der Waals surface area contributed by atoms with Gasteiger partial charge < -0.3 is 9.84 Å². The summed E-state index contributed by atoms with van der Waals surface area (Å²) in [6.07, 6.45) is 4.95. The van der Waals surface area contributed by atoms with Crippen molar-refractivity contribution >= 4 is 22.6 Å². The van der Waals surface area contributed by atoms with Crippen LogP contribution in [0.5, 0.6) is 5.75 Å². The molecule has 0 radical (unpaired) electrons. The third-order valence-electron chi connectivity index (χ3n) is 3.63. The zero-order chi connectivity index (χ0) is 15.8. The van der Waals surface area contributed by atoms with Crippen LogP contribution in [0.3, 0.4) is 0 Å². The van der Waals surface area contributed by atoms with Crippen molar-refractivity contribution in [2.24, 2.45) is 0 Å². The molecule has 0 spiro atoms. The zero-order valence-electron chi connectivity index (χ0n) is 13.0. The summed E-state index contributed by atoms with van der Waals surface area (Å²) in [7, 11) is 0. The maximum Gasteiger partial charge on any atom is 0.128 e. The minimum Gasteiger partial charge on any atom is -0.491 e. The van der Waals surface area contributed by atoms with Crippen LogP contribution < -0.4 is 4.74 Å². The molecule has 0 aromatic heterocycles. The molecule has 0 amide bonds. The Kier molecular flexibility index (Phi) is 7.19. The van der Waals surface area contributed by atoms with Crippen LogP contribution in [0.2, 0.25) is 0 Å². The molecule has 22 heavy (non-hydrogen) atoms. The van der Waals surface area contributed by atoms with E-state index in [-0.39, 0.29) is 6.61 Å². The Hall–Kier alpha value is -1.07. The van der Waals surface area contributed by atoms with Crippen LogP contribution in [0.25, 0.3) is 11.1 Å². The Labute approximate surface area is 146 Å². The number of ether oxygens (including phenoxy) is 1. The van der Waals surface area contributed by atoms with Crippen LogP contribution in [-0.2, 0) is 6.42 Å². The van der Waals surface area contributed by atoms with Crippen molar-refractivity contribution < 1.29 is 9.84 Å². The molecule has 0 atom stereocenters. The number of aliphatic hydroxyl groups is 1. The van der Waals surface area contributed by atoms with E-state index < -0.39 is 0 Å². The van der Waals surface area contributed by atoms with Gasteiger partial charge in [0.2, 0.25) is 0 Å². The van der Waals surface area contributed by atoms with Gasteiger partial charge in [-0.1, -0.05) is 44.0 Å². The standard InChI is InChI=1S/C19H23IO2/c1-2-3-4-5-15-6-8-16(9-7-15)18-11-10-17(20)14-19(18)22-13-12-21/h6-11,14,21H,2-5,12-13H2,1H3. The van der Waals surface area contributed by atoms with Gasteiger partial charge >= 0.3 is 0 Å². The highest BCUT2D eigenvalue weighted by molar-refractivity contribution is 14.1. The van der Waals surface area contributed by atoms with Crippen molar-refractivity contribution in [1.82, 2.24) is 0 Å². The molecule has 0 fully saturated rings. The minimum atomic E-state index is 0.0290. The summed E-state index contributed by atoms with van der Waals surface area (Å²) in [4.78, 5) is 0. The summed E-state index contributed by atoms with van der Waals surface area (Å²) in [5, 5.41) is 8.97.